The molecule has 0 spiro atoms. The summed E-state index contributed by atoms with van der Waals surface area (Å²) in [5.74, 6) is 3.62. The Balaban J connectivity index is 2.65. The van der Waals surface area contributed by atoms with Crippen molar-refractivity contribution in [3.05, 3.63) is 5.75 Å². The van der Waals surface area contributed by atoms with Crippen LogP contribution in [0.15, 0.2) is 0 Å². The molecule has 0 aromatic carbocycles. The summed E-state index contributed by atoms with van der Waals surface area (Å²) in [4.78, 5) is 0. The van der Waals surface area contributed by atoms with E-state index < -0.39 is 0 Å². The van der Waals surface area contributed by atoms with Crippen molar-refractivity contribution < 1.29 is 0 Å². The van der Waals surface area contributed by atoms with Crippen LogP contribution in [0.2, 0.25) is 0 Å². The van der Waals surface area contributed by atoms with E-state index in [-0.39, 0.29) is 0 Å². The standard InChI is InChI=1S/C9H19S/c1-3-5-6-7-9-10-8-4-2/h8H,3-7,9H2,1-2H3. The van der Waals surface area contributed by atoms with Crippen molar-refractivity contribution in [3.8, 4) is 0 Å². The summed E-state index contributed by atoms with van der Waals surface area (Å²) in [6.07, 6.45) is 6.78. The van der Waals surface area contributed by atoms with Gasteiger partial charge in [0.1, 0.15) is 0 Å². The number of hydrogen-bond acceptors (Lipinski definition) is 1. The van der Waals surface area contributed by atoms with Crippen molar-refractivity contribution >= 4 is 11.8 Å². The molecule has 0 amide bonds. The molecular formula is C9H19S. The highest BCUT2D eigenvalue weighted by Crippen LogP contribution is 2.11. The molecule has 1 heteroatoms. The molecule has 0 rings (SSSR count). The van der Waals surface area contributed by atoms with E-state index in [1.807, 2.05) is 11.8 Å². The first kappa shape index (κ1) is 10.3. The first-order chi connectivity index (χ1) is 4.91. The summed E-state index contributed by atoms with van der Waals surface area (Å²) in [5.41, 5.74) is 0. The Morgan fingerprint density at radius 1 is 1.10 bits per heavy atom. The van der Waals surface area contributed by atoms with Crippen LogP contribution in [0.4, 0.5) is 0 Å². The van der Waals surface area contributed by atoms with E-state index in [2.05, 4.69) is 19.6 Å². The maximum atomic E-state index is 2.30. The zero-order valence-electron chi connectivity index (χ0n) is 7.23. The maximum Gasteiger partial charge on any atom is 0.0163 e. The van der Waals surface area contributed by atoms with Crippen LogP contribution in [0, 0.1) is 5.75 Å². The Morgan fingerprint density at radius 2 is 1.90 bits per heavy atom. The van der Waals surface area contributed by atoms with Gasteiger partial charge >= 0.3 is 0 Å². The maximum absolute atomic E-state index is 2.30. The molecule has 0 bridgehead atoms. The molecule has 0 aliphatic rings. The topological polar surface area (TPSA) is 0 Å². The molecule has 0 aliphatic heterocycles. The van der Waals surface area contributed by atoms with Crippen molar-refractivity contribution in [3.63, 3.8) is 0 Å². The highest BCUT2D eigenvalue weighted by Gasteiger charge is 1.87. The van der Waals surface area contributed by atoms with Gasteiger partial charge < -0.3 is 0 Å². The van der Waals surface area contributed by atoms with E-state index in [4.69, 9.17) is 0 Å². The molecular weight excluding hydrogens is 140 g/mol. The van der Waals surface area contributed by atoms with Crippen LogP contribution in [-0.4, -0.2) is 5.75 Å². The summed E-state index contributed by atoms with van der Waals surface area (Å²) in [7, 11) is 0. The van der Waals surface area contributed by atoms with Gasteiger partial charge in [0.25, 0.3) is 0 Å². The Morgan fingerprint density at radius 3 is 2.50 bits per heavy atom. The Bertz CT molecular complexity index is 44.7. The predicted octanol–water partition coefficient (Wildman–Crippen LogP) is 3.87. The van der Waals surface area contributed by atoms with Crippen LogP contribution in [0.3, 0.4) is 0 Å². The summed E-state index contributed by atoms with van der Waals surface area (Å²) in [6, 6.07) is 0. The zero-order valence-corrected chi connectivity index (χ0v) is 8.04. The second-order valence-electron chi connectivity index (χ2n) is 2.51. The second kappa shape index (κ2) is 9.35. The molecule has 0 saturated carbocycles. The first-order valence-electron chi connectivity index (χ1n) is 4.35. The third kappa shape index (κ3) is 8.35. The quantitative estimate of drug-likeness (QED) is 0.508. The van der Waals surface area contributed by atoms with E-state index in [9.17, 15) is 0 Å². The highest BCUT2D eigenvalue weighted by atomic mass is 32.2. The van der Waals surface area contributed by atoms with Crippen molar-refractivity contribution in [1.82, 2.24) is 0 Å². The van der Waals surface area contributed by atoms with Gasteiger partial charge in [-0.25, -0.2) is 0 Å². The van der Waals surface area contributed by atoms with Crippen LogP contribution in [0.1, 0.15) is 46.0 Å². The van der Waals surface area contributed by atoms with Gasteiger partial charge in [-0.3, -0.25) is 0 Å². The van der Waals surface area contributed by atoms with Crippen molar-refractivity contribution in [2.75, 3.05) is 5.75 Å². The third-order valence-corrected chi connectivity index (χ3v) is 2.49. The minimum absolute atomic E-state index is 1.21. The van der Waals surface area contributed by atoms with E-state index in [0.717, 1.165) is 0 Å². The van der Waals surface area contributed by atoms with Crippen molar-refractivity contribution in [2.24, 2.45) is 0 Å². The highest BCUT2D eigenvalue weighted by molar-refractivity contribution is 8.01. The summed E-state index contributed by atoms with van der Waals surface area (Å²) in [5, 5.41) is 0. The smallest absolute Gasteiger partial charge is 0.0163 e. The minimum Gasteiger partial charge on any atom is -0.157 e. The molecule has 61 valence electrons. The second-order valence-corrected chi connectivity index (χ2v) is 3.58. The molecule has 0 aromatic heterocycles. The van der Waals surface area contributed by atoms with Crippen LogP contribution in [0.5, 0.6) is 0 Å². The molecule has 0 aromatic rings. The molecule has 0 aliphatic carbocycles. The molecule has 10 heavy (non-hydrogen) atoms. The Labute approximate surface area is 69.8 Å². The molecule has 0 fully saturated rings. The summed E-state index contributed by atoms with van der Waals surface area (Å²) < 4.78 is 0. The van der Waals surface area contributed by atoms with Gasteiger partial charge in [-0.1, -0.05) is 33.1 Å². The fraction of sp³-hybridized carbons (Fsp3) is 0.889. The number of unbranched alkanes of at least 4 members (excludes halogenated alkanes) is 3. The zero-order chi connectivity index (χ0) is 7.66. The number of hydrogen-bond donors (Lipinski definition) is 0. The van der Waals surface area contributed by atoms with Crippen LogP contribution in [0.25, 0.3) is 0 Å². The summed E-state index contributed by atoms with van der Waals surface area (Å²) in [6.45, 7) is 4.45. The molecule has 0 heterocycles. The average Bonchev–Trinajstić information content (AvgIpc) is 1.97. The molecule has 0 atom stereocenters. The van der Waals surface area contributed by atoms with Crippen LogP contribution < -0.4 is 0 Å². The van der Waals surface area contributed by atoms with Gasteiger partial charge in [-0.05, 0) is 18.6 Å². The van der Waals surface area contributed by atoms with Crippen LogP contribution >= 0.6 is 11.8 Å². The van der Waals surface area contributed by atoms with Crippen LogP contribution in [-0.2, 0) is 0 Å². The van der Waals surface area contributed by atoms with Gasteiger partial charge in [0.05, 0.1) is 0 Å². The minimum atomic E-state index is 1.21. The lowest BCUT2D eigenvalue weighted by Crippen LogP contribution is -1.79. The molecule has 1 radical (unpaired) electrons. The Kier molecular flexibility index (Phi) is 9.68. The number of rotatable bonds is 7. The van der Waals surface area contributed by atoms with Gasteiger partial charge in [-0.15, -0.1) is 0 Å². The van der Waals surface area contributed by atoms with E-state index >= 15 is 0 Å². The van der Waals surface area contributed by atoms with E-state index in [1.165, 1.54) is 37.9 Å². The molecule has 0 nitrogen and oxygen atoms in total. The normalized spacial score (nSPS) is 10.2. The van der Waals surface area contributed by atoms with Gasteiger partial charge in [0, 0.05) is 5.75 Å². The van der Waals surface area contributed by atoms with Gasteiger partial charge in [0.15, 0.2) is 0 Å². The van der Waals surface area contributed by atoms with Crippen molar-refractivity contribution in [2.45, 2.75) is 46.0 Å². The lowest BCUT2D eigenvalue weighted by Gasteiger charge is -1.97. The lowest BCUT2D eigenvalue weighted by molar-refractivity contribution is 0.706. The molecule has 0 saturated heterocycles. The third-order valence-electron chi connectivity index (χ3n) is 1.40. The van der Waals surface area contributed by atoms with Gasteiger partial charge in [-0.2, -0.15) is 11.8 Å². The Hall–Kier alpha value is 0.350. The monoisotopic (exact) mass is 159 g/mol. The van der Waals surface area contributed by atoms with E-state index in [0.29, 0.717) is 0 Å². The average molecular weight is 159 g/mol. The fourth-order valence-corrected chi connectivity index (χ4v) is 1.59. The summed E-state index contributed by atoms with van der Waals surface area (Å²) >= 11 is 1.98. The molecule has 0 N–H and O–H groups in total. The fourth-order valence-electron chi connectivity index (χ4n) is 0.813. The van der Waals surface area contributed by atoms with E-state index in [1.54, 1.807) is 0 Å². The first-order valence-corrected chi connectivity index (χ1v) is 5.40. The lowest BCUT2D eigenvalue weighted by atomic mass is 10.2. The van der Waals surface area contributed by atoms with Gasteiger partial charge in [0.2, 0.25) is 0 Å². The molecule has 0 unspecified atom stereocenters. The predicted molar refractivity (Wildman–Crippen MR) is 51.2 cm³/mol. The number of thioether (sulfide) groups is 1. The van der Waals surface area contributed by atoms with Crippen molar-refractivity contribution in [1.29, 1.82) is 0 Å². The SMILES string of the molecule is CC[CH]SCCCCCC. The largest absolute Gasteiger partial charge is 0.157 e.